The largest absolute Gasteiger partial charge is 0.381 e. The van der Waals surface area contributed by atoms with Gasteiger partial charge in [-0.05, 0) is 32.2 Å². The second-order valence-electron chi connectivity index (χ2n) is 4.61. The van der Waals surface area contributed by atoms with Crippen molar-refractivity contribution in [1.82, 2.24) is 5.32 Å². The Kier molecular flexibility index (Phi) is 4.42. The summed E-state index contributed by atoms with van der Waals surface area (Å²) in [4.78, 5) is 0. The molecular weight excluding hydrogens is 190 g/mol. The van der Waals surface area contributed by atoms with E-state index in [2.05, 4.69) is 12.2 Å². The van der Waals surface area contributed by atoms with Crippen LogP contribution in [-0.4, -0.2) is 38.5 Å². The number of hydrogen-bond acceptors (Lipinski definition) is 3. The van der Waals surface area contributed by atoms with Crippen molar-refractivity contribution in [2.75, 3.05) is 26.4 Å². The van der Waals surface area contributed by atoms with Crippen LogP contribution in [0.1, 0.15) is 32.6 Å². The predicted octanol–water partition coefficient (Wildman–Crippen LogP) is 1.57. The minimum Gasteiger partial charge on any atom is -0.381 e. The molecule has 2 rings (SSSR count). The van der Waals surface area contributed by atoms with Crippen molar-refractivity contribution in [3.63, 3.8) is 0 Å². The molecule has 0 bridgehead atoms. The zero-order valence-corrected chi connectivity index (χ0v) is 9.71. The van der Waals surface area contributed by atoms with Crippen LogP contribution in [0.4, 0.5) is 0 Å². The highest BCUT2D eigenvalue weighted by atomic mass is 16.5. The predicted molar refractivity (Wildman–Crippen MR) is 60.0 cm³/mol. The first-order chi connectivity index (χ1) is 7.42. The van der Waals surface area contributed by atoms with E-state index in [1.807, 2.05) is 0 Å². The zero-order valence-electron chi connectivity index (χ0n) is 9.71. The van der Waals surface area contributed by atoms with Crippen LogP contribution < -0.4 is 5.32 Å². The van der Waals surface area contributed by atoms with E-state index >= 15 is 0 Å². The van der Waals surface area contributed by atoms with Crippen LogP contribution in [0, 0.1) is 5.92 Å². The molecule has 0 aromatic rings. The lowest BCUT2D eigenvalue weighted by Crippen LogP contribution is -2.47. The Balaban J connectivity index is 1.90. The maximum Gasteiger partial charge on any atom is 0.0732 e. The minimum absolute atomic E-state index is 0.427. The van der Waals surface area contributed by atoms with Crippen molar-refractivity contribution < 1.29 is 9.47 Å². The molecule has 3 nitrogen and oxygen atoms in total. The van der Waals surface area contributed by atoms with Crippen molar-refractivity contribution in [3.8, 4) is 0 Å². The Morgan fingerprint density at radius 1 is 1.27 bits per heavy atom. The Morgan fingerprint density at radius 2 is 2.13 bits per heavy atom. The Hall–Kier alpha value is -0.120. The lowest BCUT2D eigenvalue weighted by molar-refractivity contribution is -0.00320. The molecule has 2 aliphatic heterocycles. The molecule has 2 aliphatic rings. The summed E-state index contributed by atoms with van der Waals surface area (Å²) in [7, 11) is 0. The molecule has 0 amide bonds. The topological polar surface area (TPSA) is 30.5 Å². The van der Waals surface area contributed by atoms with Gasteiger partial charge >= 0.3 is 0 Å². The van der Waals surface area contributed by atoms with Crippen LogP contribution in [0.15, 0.2) is 0 Å². The second-order valence-corrected chi connectivity index (χ2v) is 4.61. The van der Waals surface area contributed by atoms with E-state index in [4.69, 9.17) is 9.47 Å². The number of ether oxygens (including phenoxy) is 2. The summed E-state index contributed by atoms with van der Waals surface area (Å²) >= 11 is 0. The highest BCUT2D eigenvalue weighted by molar-refractivity contribution is 4.87. The third kappa shape index (κ3) is 2.92. The molecule has 2 heterocycles. The van der Waals surface area contributed by atoms with E-state index in [-0.39, 0.29) is 0 Å². The number of likely N-dealkylation sites (N-methyl/N-ethyl adjacent to an activating group) is 1. The van der Waals surface area contributed by atoms with Gasteiger partial charge in [0.1, 0.15) is 0 Å². The molecule has 0 saturated carbocycles. The third-order valence-electron chi connectivity index (χ3n) is 3.51. The molecule has 0 aromatic heterocycles. The first kappa shape index (κ1) is 11.4. The number of nitrogens with one attached hydrogen (secondary N) is 1. The van der Waals surface area contributed by atoms with Gasteiger partial charge in [-0.1, -0.05) is 6.92 Å². The van der Waals surface area contributed by atoms with E-state index in [0.717, 1.165) is 26.4 Å². The molecule has 3 unspecified atom stereocenters. The highest BCUT2D eigenvalue weighted by Gasteiger charge is 2.32. The zero-order chi connectivity index (χ0) is 10.5. The first-order valence-electron chi connectivity index (χ1n) is 6.34. The normalized spacial score (nSPS) is 34.2. The molecule has 15 heavy (non-hydrogen) atoms. The van der Waals surface area contributed by atoms with Gasteiger partial charge in [0.25, 0.3) is 0 Å². The monoisotopic (exact) mass is 213 g/mol. The molecule has 88 valence electrons. The van der Waals surface area contributed by atoms with Gasteiger partial charge in [0.15, 0.2) is 0 Å². The fourth-order valence-electron chi connectivity index (χ4n) is 2.77. The van der Waals surface area contributed by atoms with Gasteiger partial charge in [0.05, 0.1) is 12.7 Å². The van der Waals surface area contributed by atoms with Gasteiger partial charge in [-0.15, -0.1) is 0 Å². The molecule has 3 heteroatoms. The summed E-state index contributed by atoms with van der Waals surface area (Å²) in [5.41, 5.74) is 0. The van der Waals surface area contributed by atoms with Gasteiger partial charge in [0.2, 0.25) is 0 Å². The Labute approximate surface area is 92.5 Å². The van der Waals surface area contributed by atoms with Crippen molar-refractivity contribution in [3.05, 3.63) is 0 Å². The van der Waals surface area contributed by atoms with E-state index in [1.54, 1.807) is 0 Å². The van der Waals surface area contributed by atoms with Crippen LogP contribution in [0.2, 0.25) is 0 Å². The Morgan fingerprint density at radius 3 is 2.73 bits per heavy atom. The van der Waals surface area contributed by atoms with Crippen molar-refractivity contribution in [1.29, 1.82) is 0 Å². The highest BCUT2D eigenvalue weighted by Crippen LogP contribution is 2.25. The average Bonchev–Trinajstić information content (AvgIpc) is 2.80. The summed E-state index contributed by atoms with van der Waals surface area (Å²) in [6.45, 7) is 6.01. The third-order valence-corrected chi connectivity index (χ3v) is 3.51. The van der Waals surface area contributed by atoms with E-state index in [1.165, 1.54) is 25.7 Å². The molecule has 3 atom stereocenters. The van der Waals surface area contributed by atoms with Gasteiger partial charge in [-0.25, -0.2) is 0 Å². The second kappa shape index (κ2) is 5.83. The minimum atomic E-state index is 0.427. The van der Waals surface area contributed by atoms with E-state index < -0.39 is 0 Å². The first-order valence-corrected chi connectivity index (χ1v) is 6.34. The fraction of sp³-hybridized carbons (Fsp3) is 1.00. The molecule has 2 saturated heterocycles. The van der Waals surface area contributed by atoms with Crippen molar-refractivity contribution in [2.24, 2.45) is 5.92 Å². The van der Waals surface area contributed by atoms with Gasteiger partial charge in [-0.3, -0.25) is 0 Å². The Bertz CT molecular complexity index is 174. The number of rotatable bonds is 4. The van der Waals surface area contributed by atoms with Crippen molar-refractivity contribution in [2.45, 2.75) is 44.8 Å². The summed E-state index contributed by atoms with van der Waals surface area (Å²) in [6, 6.07) is 0.512. The summed E-state index contributed by atoms with van der Waals surface area (Å²) in [6.07, 6.45) is 5.36. The molecule has 0 aromatic carbocycles. The van der Waals surface area contributed by atoms with Crippen LogP contribution >= 0.6 is 0 Å². The van der Waals surface area contributed by atoms with Crippen LogP contribution in [0.3, 0.4) is 0 Å². The van der Waals surface area contributed by atoms with Crippen LogP contribution in [0.5, 0.6) is 0 Å². The molecular formula is C12H23NO2. The van der Waals surface area contributed by atoms with Crippen LogP contribution in [0.25, 0.3) is 0 Å². The van der Waals surface area contributed by atoms with Gasteiger partial charge < -0.3 is 14.8 Å². The SMILES string of the molecule is CCNC(C1CCCOC1)C1CCCO1. The molecule has 0 spiro atoms. The summed E-state index contributed by atoms with van der Waals surface area (Å²) in [5.74, 6) is 0.654. The maximum absolute atomic E-state index is 5.80. The van der Waals surface area contributed by atoms with Gasteiger partial charge in [0, 0.05) is 25.2 Å². The molecule has 0 radical (unpaired) electrons. The summed E-state index contributed by atoms with van der Waals surface area (Å²) in [5, 5.41) is 3.59. The van der Waals surface area contributed by atoms with E-state index in [0.29, 0.717) is 18.1 Å². The van der Waals surface area contributed by atoms with Crippen LogP contribution in [-0.2, 0) is 9.47 Å². The van der Waals surface area contributed by atoms with Gasteiger partial charge in [-0.2, -0.15) is 0 Å². The smallest absolute Gasteiger partial charge is 0.0732 e. The summed E-state index contributed by atoms with van der Waals surface area (Å²) < 4.78 is 11.4. The lowest BCUT2D eigenvalue weighted by atomic mass is 9.89. The average molecular weight is 213 g/mol. The van der Waals surface area contributed by atoms with Crippen molar-refractivity contribution >= 4 is 0 Å². The van der Waals surface area contributed by atoms with E-state index in [9.17, 15) is 0 Å². The standard InChI is InChI=1S/C12H23NO2/c1-2-13-12(11-6-4-8-15-11)10-5-3-7-14-9-10/h10-13H,2-9H2,1H3. The fourth-order valence-corrected chi connectivity index (χ4v) is 2.77. The molecule has 0 aliphatic carbocycles. The molecule has 1 N–H and O–H groups in total. The lowest BCUT2D eigenvalue weighted by Gasteiger charge is -2.34. The number of hydrogen-bond donors (Lipinski definition) is 1. The quantitative estimate of drug-likeness (QED) is 0.769. The molecule has 2 fully saturated rings. The maximum atomic E-state index is 5.80.